The molecule has 5 heteroatoms. The third kappa shape index (κ3) is 3.48. The molecule has 1 aromatic rings. The minimum atomic E-state index is 0.111. The van der Waals surface area contributed by atoms with Crippen molar-refractivity contribution in [2.75, 3.05) is 26.3 Å². The van der Waals surface area contributed by atoms with Crippen LogP contribution in [0.4, 0.5) is 0 Å². The van der Waals surface area contributed by atoms with Gasteiger partial charge in [0.15, 0.2) is 0 Å². The van der Waals surface area contributed by atoms with Gasteiger partial charge in [0.1, 0.15) is 0 Å². The van der Waals surface area contributed by atoms with E-state index in [0.717, 1.165) is 25.2 Å². The Morgan fingerprint density at radius 1 is 1.26 bits per heavy atom. The van der Waals surface area contributed by atoms with E-state index in [-0.39, 0.29) is 6.61 Å². The largest absolute Gasteiger partial charge is 0.477 e. The van der Waals surface area contributed by atoms with E-state index in [1.165, 1.54) is 25.0 Å². The van der Waals surface area contributed by atoms with E-state index < -0.39 is 0 Å². The number of hydrogen-bond donors (Lipinski definition) is 1. The summed E-state index contributed by atoms with van der Waals surface area (Å²) < 4.78 is 7.46. The molecule has 0 atom stereocenters. The smallest absolute Gasteiger partial charge is 0.236 e. The highest BCUT2D eigenvalue weighted by Gasteiger charge is 2.19. The molecule has 108 valence electrons. The predicted octanol–water partition coefficient (Wildman–Crippen LogP) is 1.57. The predicted molar refractivity (Wildman–Crippen MR) is 74.3 cm³/mol. The van der Waals surface area contributed by atoms with Gasteiger partial charge in [0.2, 0.25) is 5.88 Å². The van der Waals surface area contributed by atoms with Crippen LogP contribution in [-0.2, 0) is 13.1 Å². The van der Waals surface area contributed by atoms with Gasteiger partial charge in [-0.3, -0.25) is 9.58 Å². The molecule has 0 spiro atoms. The van der Waals surface area contributed by atoms with Gasteiger partial charge in [-0.05, 0) is 39.8 Å². The standard InChI is InChI=1S/C14H25N3O2/c1-3-19-14-12(2)13(17(15-14)9-10-18)11-16-7-5-4-6-8-16/h18H,3-11H2,1-2H3. The molecule has 0 aromatic carbocycles. The van der Waals surface area contributed by atoms with Crippen LogP contribution in [0.5, 0.6) is 5.88 Å². The summed E-state index contributed by atoms with van der Waals surface area (Å²) in [5, 5.41) is 13.6. The molecule has 1 aliphatic rings. The highest BCUT2D eigenvalue weighted by atomic mass is 16.5. The lowest BCUT2D eigenvalue weighted by Crippen LogP contribution is -2.30. The minimum Gasteiger partial charge on any atom is -0.477 e. The van der Waals surface area contributed by atoms with Gasteiger partial charge in [0.25, 0.3) is 0 Å². The Balaban J connectivity index is 2.15. The van der Waals surface area contributed by atoms with E-state index in [1.54, 1.807) is 0 Å². The third-order valence-electron chi connectivity index (χ3n) is 3.69. The maximum absolute atomic E-state index is 9.16. The molecule has 0 aliphatic carbocycles. The molecule has 0 saturated carbocycles. The zero-order valence-electron chi connectivity index (χ0n) is 12.1. The van der Waals surface area contributed by atoms with Crippen LogP contribution >= 0.6 is 0 Å². The Morgan fingerprint density at radius 3 is 2.63 bits per heavy atom. The van der Waals surface area contributed by atoms with Crippen molar-refractivity contribution < 1.29 is 9.84 Å². The van der Waals surface area contributed by atoms with Crippen LogP contribution in [0.15, 0.2) is 0 Å². The van der Waals surface area contributed by atoms with E-state index in [1.807, 2.05) is 11.6 Å². The first-order chi connectivity index (χ1) is 9.26. The van der Waals surface area contributed by atoms with Crippen molar-refractivity contribution >= 4 is 0 Å². The molecule has 1 fully saturated rings. The van der Waals surface area contributed by atoms with Gasteiger partial charge >= 0.3 is 0 Å². The zero-order valence-corrected chi connectivity index (χ0v) is 12.1. The normalized spacial score (nSPS) is 16.8. The average Bonchev–Trinajstić information content (AvgIpc) is 2.70. The van der Waals surface area contributed by atoms with Gasteiger partial charge in [-0.15, -0.1) is 5.10 Å². The van der Waals surface area contributed by atoms with E-state index in [9.17, 15) is 0 Å². The van der Waals surface area contributed by atoms with Gasteiger partial charge in [0, 0.05) is 12.1 Å². The zero-order chi connectivity index (χ0) is 13.7. The summed E-state index contributed by atoms with van der Waals surface area (Å²) in [5.41, 5.74) is 2.29. The van der Waals surface area contributed by atoms with Crippen LogP contribution in [0.3, 0.4) is 0 Å². The Labute approximate surface area is 115 Å². The molecule has 1 saturated heterocycles. The fraction of sp³-hybridized carbons (Fsp3) is 0.786. The molecular weight excluding hydrogens is 242 g/mol. The second-order valence-electron chi connectivity index (χ2n) is 5.09. The fourth-order valence-corrected chi connectivity index (χ4v) is 2.65. The van der Waals surface area contributed by atoms with Crippen molar-refractivity contribution in [3.63, 3.8) is 0 Å². The molecule has 5 nitrogen and oxygen atoms in total. The number of piperidine rings is 1. The monoisotopic (exact) mass is 267 g/mol. The summed E-state index contributed by atoms with van der Waals surface area (Å²) in [7, 11) is 0. The Bertz CT molecular complexity index is 398. The van der Waals surface area contributed by atoms with Crippen LogP contribution in [0.2, 0.25) is 0 Å². The highest BCUT2D eigenvalue weighted by molar-refractivity contribution is 5.30. The molecular formula is C14H25N3O2. The summed E-state index contributed by atoms with van der Waals surface area (Å²) >= 11 is 0. The number of ether oxygens (including phenoxy) is 1. The average molecular weight is 267 g/mol. The molecule has 0 unspecified atom stereocenters. The van der Waals surface area contributed by atoms with E-state index in [0.29, 0.717) is 19.0 Å². The Morgan fingerprint density at radius 2 is 2.00 bits per heavy atom. The summed E-state index contributed by atoms with van der Waals surface area (Å²) in [4.78, 5) is 2.47. The number of hydrogen-bond acceptors (Lipinski definition) is 4. The summed E-state index contributed by atoms with van der Waals surface area (Å²) in [6.07, 6.45) is 3.91. The van der Waals surface area contributed by atoms with Crippen molar-refractivity contribution in [2.45, 2.75) is 46.2 Å². The molecule has 0 bridgehead atoms. The first-order valence-electron chi connectivity index (χ1n) is 7.28. The topological polar surface area (TPSA) is 50.5 Å². The number of nitrogens with zero attached hydrogens (tertiary/aromatic N) is 3. The van der Waals surface area contributed by atoms with Crippen molar-refractivity contribution in [2.24, 2.45) is 0 Å². The lowest BCUT2D eigenvalue weighted by atomic mass is 10.1. The number of rotatable bonds is 6. The van der Waals surface area contributed by atoms with Gasteiger partial charge in [-0.2, -0.15) is 0 Å². The minimum absolute atomic E-state index is 0.111. The van der Waals surface area contributed by atoms with Crippen molar-refractivity contribution in [1.29, 1.82) is 0 Å². The van der Waals surface area contributed by atoms with Crippen LogP contribution in [-0.4, -0.2) is 46.1 Å². The maximum atomic E-state index is 9.16. The summed E-state index contributed by atoms with van der Waals surface area (Å²) in [5.74, 6) is 0.711. The van der Waals surface area contributed by atoms with Gasteiger partial charge in [-0.1, -0.05) is 6.42 Å². The van der Waals surface area contributed by atoms with Crippen molar-refractivity contribution in [3.05, 3.63) is 11.3 Å². The van der Waals surface area contributed by atoms with Crippen LogP contribution in [0, 0.1) is 6.92 Å². The van der Waals surface area contributed by atoms with Crippen molar-refractivity contribution in [3.8, 4) is 5.88 Å². The van der Waals surface area contributed by atoms with Crippen LogP contribution in [0.25, 0.3) is 0 Å². The molecule has 0 radical (unpaired) electrons. The van der Waals surface area contributed by atoms with E-state index in [4.69, 9.17) is 9.84 Å². The molecule has 2 rings (SSSR count). The molecule has 0 amide bonds. The van der Waals surface area contributed by atoms with E-state index >= 15 is 0 Å². The van der Waals surface area contributed by atoms with Crippen LogP contribution in [0.1, 0.15) is 37.4 Å². The van der Waals surface area contributed by atoms with Gasteiger partial charge < -0.3 is 9.84 Å². The van der Waals surface area contributed by atoms with Gasteiger partial charge in [0.05, 0.1) is 25.5 Å². The van der Waals surface area contributed by atoms with Gasteiger partial charge in [-0.25, -0.2) is 0 Å². The molecule has 1 aliphatic heterocycles. The number of aliphatic hydroxyl groups excluding tert-OH is 1. The van der Waals surface area contributed by atoms with Crippen LogP contribution < -0.4 is 4.74 Å². The molecule has 2 heterocycles. The lowest BCUT2D eigenvalue weighted by molar-refractivity contribution is 0.209. The Kier molecular flexibility index (Phi) is 5.22. The number of aliphatic hydroxyl groups is 1. The fourth-order valence-electron chi connectivity index (χ4n) is 2.65. The van der Waals surface area contributed by atoms with Crippen molar-refractivity contribution in [1.82, 2.24) is 14.7 Å². The lowest BCUT2D eigenvalue weighted by Gasteiger charge is -2.26. The first-order valence-corrected chi connectivity index (χ1v) is 7.28. The quantitative estimate of drug-likeness (QED) is 0.850. The number of likely N-dealkylation sites (tertiary alicyclic amines) is 1. The molecule has 1 N–H and O–H groups in total. The molecule has 19 heavy (non-hydrogen) atoms. The second kappa shape index (κ2) is 6.91. The highest BCUT2D eigenvalue weighted by Crippen LogP contribution is 2.23. The molecule has 1 aromatic heterocycles. The Hall–Kier alpha value is -1.07. The second-order valence-corrected chi connectivity index (χ2v) is 5.09. The number of aromatic nitrogens is 2. The summed E-state index contributed by atoms with van der Waals surface area (Å²) in [6.45, 7) is 8.53. The third-order valence-corrected chi connectivity index (χ3v) is 3.69. The van der Waals surface area contributed by atoms with E-state index in [2.05, 4.69) is 16.9 Å². The SMILES string of the molecule is CCOc1nn(CCO)c(CN2CCCCC2)c1C. The first kappa shape index (κ1) is 14.3. The summed E-state index contributed by atoms with van der Waals surface area (Å²) in [6, 6.07) is 0. The maximum Gasteiger partial charge on any atom is 0.236 e.